The van der Waals surface area contributed by atoms with Crippen LogP contribution in [0.3, 0.4) is 0 Å². The second-order valence-corrected chi connectivity index (χ2v) is 6.66. The van der Waals surface area contributed by atoms with Crippen molar-refractivity contribution in [1.29, 1.82) is 0 Å². The Morgan fingerprint density at radius 1 is 1.11 bits per heavy atom. The summed E-state index contributed by atoms with van der Waals surface area (Å²) < 4.78 is 5.28. The first-order valence-electron chi connectivity index (χ1n) is 8.26. The smallest absolute Gasteiger partial charge is 0.280 e. The van der Waals surface area contributed by atoms with Gasteiger partial charge in [0.2, 0.25) is 5.82 Å². The third-order valence-electron chi connectivity index (χ3n) is 3.93. The molecule has 0 bridgehead atoms. The van der Waals surface area contributed by atoms with Gasteiger partial charge in [0.1, 0.15) is 5.69 Å². The van der Waals surface area contributed by atoms with Crippen LogP contribution in [0.15, 0.2) is 64.8 Å². The summed E-state index contributed by atoms with van der Waals surface area (Å²) in [6.45, 7) is 1.93. The minimum Gasteiger partial charge on any atom is -0.343 e. The van der Waals surface area contributed by atoms with Crippen LogP contribution in [0.1, 0.15) is 28.3 Å². The highest BCUT2D eigenvalue weighted by Crippen LogP contribution is 2.24. The fraction of sp³-hybridized carbons (Fsp3) is 0.105. The summed E-state index contributed by atoms with van der Waals surface area (Å²) in [4.78, 5) is 25.1. The molecule has 4 aromatic rings. The van der Waals surface area contributed by atoms with E-state index in [1.54, 1.807) is 29.9 Å². The third-order valence-corrected chi connectivity index (χ3v) is 4.77. The molecule has 27 heavy (non-hydrogen) atoms. The Morgan fingerprint density at radius 2 is 1.89 bits per heavy atom. The van der Waals surface area contributed by atoms with Gasteiger partial charge in [-0.25, -0.2) is 4.98 Å². The number of carbonyl (C=O) groups excluding carboxylic acids is 1. The summed E-state index contributed by atoms with van der Waals surface area (Å²) in [6.07, 6.45) is 3.31. The number of nitrogens with zero attached hydrogens (tertiary/aromatic N) is 4. The van der Waals surface area contributed by atoms with E-state index in [2.05, 4.69) is 25.4 Å². The molecule has 0 aliphatic rings. The molecule has 0 aliphatic heterocycles. The van der Waals surface area contributed by atoms with Gasteiger partial charge >= 0.3 is 0 Å². The molecule has 8 heteroatoms. The summed E-state index contributed by atoms with van der Waals surface area (Å²) in [7, 11) is 0. The highest BCUT2D eigenvalue weighted by atomic mass is 32.1. The van der Waals surface area contributed by atoms with Crippen LogP contribution in [0.4, 0.5) is 0 Å². The van der Waals surface area contributed by atoms with Crippen molar-refractivity contribution < 1.29 is 9.32 Å². The van der Waals surface area contributed by atoms with E-state index in [1.807, 2.05) is 37.3 Å². The zero-order valence-corrected chi connectivity index (χ0v) is 15.2. The molecule has 0 saturated carbocycles. The number of benzene rings is 1. The monoisotopic (exact) mass is 377 g/mol. The second-order valence-electron chi connectivity index (χ2n) is 5.80. The van der Waals surface area contributed by atoms with Crippen molar-refractivity contribution in [2.24, 2.45) is 0 Å². The van der Waals surface area contributed by atoms with Gasteiger partial charge < -0.3 is 9.84 Å². The van der Waals surface area contributed by atoms with Gasteiger partial charge in [-0.15, -0.1) is 11.3 Å². The number of nitrogens with one attached hydrogen (secondary N) is 1. The molecule has 1 aromatic carbocycles. The van der Waals surface area contributed by atoms with Crippen LogP contribution in [0.5, 0.6) is 0 Å². The fourth-order valence-corrected chi connectivity index (χ4v) is 3.20. The molecule has 7 nitrogen and oxygen atoms in total. The van der Waals surface area contributed by atoms with Crippen molar-refractivity contribution >= 4 is 17.2 Å². The number of hydrogen-bond donors (Lipinski definition) is 1. The van der Waals surface area contributed by atoms with E-state index in [9.17, 15) is 4.79 Å². The van der Waals surface area contributed by atoms with Crippen molar-refractivity contribution in [3.8, 4) is 23.0 Å². The van der Waals surface area contributed by atoms with Crippen molar-refractivity contribution in [1.82, 2.24) is 25.4 Å². The average molecular weight is 377 g/mol. The Kier molecular flexibility index (Phi) is 4.71. The zero-order valence-electron chi connectivity index (χ0n) is 14.4. The van der Waals surface area contributed by atoms with Crippen molar-refractivity contribution in [2.75, 3.05) is 0 Å². The Morgan fingerprint density at radius 3 is 2.67 bits per heavy atom. The average Bonchev–Trinajstić information content (AvgIpc) is 3.39. The maximum atomic E-state index is 12.5. The minimum absolute atomic E-state index is 0.118. The van der Waals surface area contributed by atoms with Crippen LogP contribution in [0, 0.1) is 0 Å². The number of aromatic nitrogens is 4. The number of hydrogen-bond acceptors (Lipinski definition) is 7. The van der Waals surface area contributed by atoms with E-state index in [4.69, 9.17) is 4.52 Å². The lowest BCUT2D eigenvalue weighted by molar-refractivity contribution is 0.0939. The first-order valence-corrected chi connectivity index (χ1v) is 9.14. The van der Waals surface area contributed by atoms with Gasteiger partial charge in [0.05, 0.1) is 6.04 Å². The number of amides is 1. The number of rotatable bonds is 5. The molecule has 3 heterocycles. The molecule has 1 N–H and O–H groups in total. The number of pyridine rings is 1. The largest absolute Gasteiger partial charge is 0.343 e. The quantitative estimate of drug-likeness (QED) is 0.569. The number of carbonyl (C=O) groups is 1. The molecule has 1 atom stereocenters. The summed E-state index contributed by atoms with van der Waals surface area (Å²) in [5, 5.41) is 8.97. The van der Waals surface area contributed by atoms with Gasteiger partial charge in [-0.2, -0.15) is 4.98 Å². The van der Waals surface area contributed by atoms with Crippen LogP contribution in [-0.4, -0.2) is 26.0 Å². The molecular formula is C19H15N5O2S. The Hall–Kier alpha value is -3.39. The van der Waals surface area contributed by atoms with E-state index in [0.29, 0.717) is 16.5 Å². The summed E-state index contributed by atoms with van der Waals surface area (Å²) in [6, 6.07) is 13.2. The zero-order chi connectivity index (χ0) is 18.6. The number of thiazole rings is 1. The van der Waals surface area contributed by atoms with Gasteiger partial charge in [0, 0.05) is 23.3 Å². The van der Waals surface area contributed by atoms with Crippen LogP contribution >= 0.6 is 11.3 Å². The second kappa shape index (κ2) is 7.46. The van der Waals surface area contributed by atoms with E-state index in [-0.39, 0.29) is 17.8 Å². The highest BCUT2D eigenvalue weighted by molar-refractivity contribution is 7.12. The van der Waals surface area contributed by atoms with Gasteiger partial charge in [-0.3, -0.25) is 9.78 Å². The molecule has 1 amide bonds. The normalized spacial score (nSPS) is 11.9. The van der Waals surface area contributed by atoms with Crippen LogP contribution < -0.4 is 5.32 Å². The molecule has 3 aromatic heterocycles. The fourth-order valence-electron chi connectivity index (χ4n) is 2.51. The van der Waals surface area contributed by atoms with Crippen molar-refractivity contribution in [3.05, 3.63) is 70.8 Å². The molecule has 0 unspecified atom stereocenters. The maximum Gasteiger partial charge on any atom is 0.280 e. The van der Waals surface area contributed by atoms with Crippen LogP contribution in [0.2, 0.25) is 0 Å². The van der Waals surface area contributed by atoms with Gasteiger partial charge in [0.25, 0.3) is 11.8 Å². The van der Waals surface area contributed by atoms with E-state index in [0.717, 1.165) is 11.1 Å². The highest BCUT2D eigenvalue weighted by Gasteiger charge is 2.18. The standard InChI is InChI=1S/C19H15N5O2S/c1-12(13-5-3-2-4-6-13)21-17(25)19-22-15(11-27-19)18-23-16(24-26-18)14-7-9-20-10-8-14/h2-12H,1H3,(H,21,25)/t12-/m0/s1. The van der Waals surface area contributed by atoms with E-state index >= 15 is 0 Å². The lowest BCUT2D eigenvalue weighted by atomic mass is 10.1. The predicted molar refractivity (Wildman–Crippen MR) is 101 cm³/mol. The van der Waals surface area contributed by atoms with E-state index < -0.39 is 0 Å². The van der Waals surface area contributed by atoms with Crippen molar-refractivity contribution in [3.63, 3.8) is 0 Å². The summed E-state index contributed by atoms with van der Waals surface area (Å²) in [5.41, 5.74) is 2.30. The SMILES string of the molecule is C[C@H](NC(=O)c1nc(-c2nc(-c3ccncc3)no2)cs1)c1ccccc1. The molecule has 0 saturated heterocycles. The minimum atomic E-state index is -0.239. The Labute approximate surface area is 159 Å². The third kappa shape index (κ3) is 3.75. The molecule has 0 fully saturated rings. The predicted octanol–water partition coefficient (Wildman–Crippen LogP) is 3.75. The molecule has 0 spiro atoms. The first kappa shape index (κ1) is 17.0. The summed E-state index contributed by atoms with van der Waals surface area (Å²) in [5.74, 6) is 0.480. The Bertz CT molecular complexity index is 1050. The molecular weight excluding hydrogens is 362 g/mol. The van der Waals surface area contributed by atoms with Crippen LogP contribution in [-0.2, 0) is 0 Å². The molecule has 0 radical (unpaired) electrons. The van der Waals surface area contributed by atoms with Gasteiger partial charge in [-0.05, 0) is 24.6 Å². The van der Waals surface area contributed by atoms with Crippen molar-refractivity contribution in [2.45, 2.75) is 13.0 Å². The van der Waals surface area contributed by atoms with Crippen LogP contribution in [0.25, 0.3) is 23.0 Å². The lowest BCUT2D eigenvalue weighted by Crippen LogP contribution is -2.26. The molecule has 4 rings (SSSR count). The Balaban J connectivity index is 1.49. The molecule has 0 aliphatic carbocycles. The van der Waals surface area contributed by atoms with Gasteiger partial charge in [0.15, 0.2) is 5.01 Å². The summed E-state index contributed by atoms with van der Waals surface area (Å²) >= 11 is 1.23. The molecule has 134 valence electrons. The maximum absolute atomic E-state index is 12.5. The first-order chi connectivity index (χ1) is 13.2. The van der Waals surface area contributed by atoms with E-state index in [1.165, 1.54) is 11.3 Å². The lowest BCUT2D eigenvalue weighted by Gasteiger charge is -2.12. The van der Waals surface area contributed by atoms with Gasteiger partial charge in [-0.1, -0.05) is 35.5 Å². The topological polar surface area (TPSA) is 93.8 Å².